The zero-order valence-electron chi connectivity index (χ0n) is 10.5. The summed E-state index contributed by atoms with van der Waals surface area (Å²) >= 11 is 0. The van der Waals surface area contributed by atoms with Crippen molar-refractivity contribution in [2.75, 3.05) is 0 Å². The fourth-order valence-electron chi connectivity index (χ4n) is 2.14. The Morgan fingerprint density at radius 1 is 1.31 bits per heavy atom. The SMILES string of the molecule is CCCCC[C@H]1CCCC[C@@H](OC(C)=O)O1. The minimum absolute atomic E-state index is 0.237. The molecule has 1 heterocycles. The van der Waals surface area contributed by atoms with Crippen LogP contribution in [0.4, 0.5) is 0 Å². The van der Waals surface area contributed by atoms with E-state index in [-0.39, 0.29) is 12.3 Å². The number of carbonyl (C=O) groups excluding carboxylic acids is 1. The quantitative estimate of drug-likeness (QED) is 0.534. The molecule has 1 aliphatic heterocycles. The second-order valence-corrected chi connectivity index (χ2v) is 4.58. The third kappa shape index (κ3) is 5.50. The molecular weight excluding hydrogens is 204 g/mol. The van der Waals surface area contributed by atoms with Gasteiger partial charge in [0.1, 0.15) is 0 Å². The molecule has 2 atom stereocenters. The van der Waals surface area contributed by atoms with Crippen molar-refractivity contribution < 1.29 is 14.3 Å². The monoisotopic (exact) mass is 228 g/mol. The Labute approximate surface area is 98.5 Å². The first-order valence-electron chi connectivity index (χ1n) is 6.55. The van der Waals surface area contributed by atoms with E-state index < -0.39 is 0 Å². The standard InChI is InChI=1S/C13H24O3/c1-3-4-5-8-12-9-6-7-10-13(16-12)15-11(2)14/h12-13H,3-10H2,1-2H3/t12-,13-/m0/s1. The maximum absolute atomic E-state index is 10.9. The van der Waals surface area contributed by atoms with Crippen molar-refractivity contribution >= 4 is 5.97 Å². The van der Waals surface area contributed by atoms with E-state index in [0.717, 1.165) is 25.7 Å². The van der Waals surface area contributed by atoms with Crippen LogP contribution in [0.1, 0.15) is 65.2 Å². The smallest absolute Gasteiger partial charge is 0.304 e. The van der Waals surface area contributed by atoms with E-state index in [1.54, 1.807) is 0 Å². The summed E-state index contributed by atoms with van der Waals surface area (Å²) in [5.74, 6) is -0.237. The van der Waals surface area contributed by atoms with Gasteiger partial charge in [0.25, 0.3) is 0 Å². The van der Waals surface area contributed by atoms with Crippen molar-refractivity contribution in [3.63, 3.8) is 0 Å². The second-order valence-electron chi connectivity index (χ2n) is 4.58. The Morgan fingerprint density at radius 3 is 2.75 bits per heavy atom. The highest BCUT2D eigenvalue weighted by Crippen LogP contribution is 2.22. The van der Waals surface area contributed by atoms with Crippen molar-refractivity contribution in [2.45, 2.75) is 77.6 Å². The number of esters is 1. The number of carbonyl (C=O) groups is 1. The maximum Gasteiger partial charge on any atom is 0.304 e. The van der Waals surface area contributed by atoms with Gasteiger partial charge in [-0.15, -0.1) is 0 Å². The number of unbranched alkanes of at least 4 members (excludes halogenated alkanes) is 2. The lowest BCUT2D eigenvalue weighted by Gasteiger charge is -2.21. The molecule has 0 aliphatic carbocycles. The third-order valence-electron chi connectivity index (χ3n) is 2.99. The molecule has 94 valence electrons. The van der Waals surface area contributed by atoms with Crippen LogP contribution in [0.25, 0.3) is 0 Å². The molecule has 16 heavy (non-hydrogen) atoms. The molecule has 0 amide bonds. The van der Waals surface area contributed by atoms with Crippen molar-refractivity contribution in [3.05, 3.63) is 0 Å². The molecule has 3 heteroatoms. The van der Waals surface area contributed by atoms with Crippen LogP contribution in [-0.2, 0) is 14.3 Å². The summed E-state index contributed by atoms with van der Waals surface area (Å²) in [7, 11) is 0. The highest BCUT2D eigenvalue weighted by molar-refractivity contribution is 5.66. The van der Waals surface area contributed by atoms with Crippen LogP contribution in [0.2, 0.25) is 0 Å². The molecule has 1 saturated heterocycles. The van der Waals surface area contributed by atoms with Gasteiger partial charge in [-0.05, 0) is 19.3 Å². The fourth-order valence-corrected chi connectivity index (χ4v) is 2.14. The Hall–Kier alpha value is -0.570. The number of hydrogen-bond donors (Lipinski definition) is 0. The van der Waals surface area contributed by atoms with E-state index in [0.29, 0.717) is 6.10 Å². The van der Waals surface area contributed by atoms with Gasteiger partial charge >= 0.3 is 5.97 Å². The van der Waals surface area contributed by atoms with Gasteiger partial charge in [-0.3, -0.25) is 4.79 Å². The summed E-state index contributed by atoms with van der Waals surface area (Å²) in [6.07, 6.45) is 9.06. The van der Waals surface area contributed by atoms with Crippen LogP contribution in [0.3, 0.4) is 0 Å². The maximum atomic E-state index is 10.9. The average molecular weight is 228 g/mol. The van der Waals surface area contributed by atoms with E-state index in [2.05, 4.69) is 6.92 Å². The van der Waals surface area contributed by atoms with Crippen molar-refractivity contribution in [2.24, 2.45) is 0 Å². The highest BCUT2D eigenvalue weighted by Gasteiger charge is 2.21. The summed E-state index contributed by atoms with van der Waals surface area (Å²) in [6.45, 7) is 3.65. The summed E-state index contributed by atoms with van der Waals surface area (Å²) in [6, 6.07) is 0. The molecule has 0 radical (unpaired) electrons. The molecule has 0 aromatic heterocycles. The fraction of sp³-hybridized carbons (Fsp3) is 0.923. The molecule has 3 nitrogen and oxygen atoms in total. The molecule has 0 aromatic carbocycles. The van der Waals surface area contributed by atoms with Crippen molar-refractivity contribution in [3.8, 4) is 0 Å². The molecule has 0 saturated carbocycles. The Balaban J connectivity index is 2.30. The molecule has 0 unspecified atom stereocenters. The topological polar surface area (TPSA) is 35.5 Å². The van der Waals surface area contributed by atoms with E-state index in [1.165, 1.54) is 32.6 Å². The van der Waals surface area contributed by atoms with Gasteiger partial charge in [0.05, 0.1) is 6.10 Å². The van der Waals surface area contributed by atoms with Crippen LogP contribution in [0.5, 0.6) is 0 Å². The number of hydrogen-bond acceptors (Lipinski definition) is 3. The highest BCUT2D eigenvalue weighted by atomic mass is 16.7. The van der Waals surface area contributed by atoms with Crippen LogP contribution >= 0.6 is 0 Å². The van der Waals surface area contributed by atoms with Crippen LogP contribution < -0.4 is 0 Å². The summed E-state index contributed by atoms with van der Waals surface area (Å²) in [5.41, 5.74) is 0. The number of ether oxygens (including phenoxy) is 2. The predicted octanol–water partition coefficient (Wildman–Crippen LogP) is 3.42. The van der Waals surface area contributed by atoms with Crippen molar-refractivity contribution in [1.82, 2.24) is 0 Å². The Bertz CT molecular complexity index is 203. The van der Waals surface area contributed by atoms with Gasteiger partial charge in [0, 0.05) is 13.3 Å². The van der Waals surface area contributed by atoms with Crippen molar-refractivity contribution in [1.29, 1.82) is 0 Å². The largest absolute Gasteiger partial charge is 0.436 e. The molecule has 0 spiro atoms. The lowest BCUT2D eigenvalue weighted by atomic mass is 10.1. The average Bonchev–Trinajstić information content (AvgIpc) is 2.43. The molecule has 0 aromatic rings. The van der Waals surface area contributed by atoms with E-state index in [9.17, 15) is 4.79 Å². The van der Waals surface area contributed by atoms with E-state index in [1.807, 2.05) is 0 Å². The van der Waals surface area contributed by atoms with Crippen LogP contribution in [-0.4, -0.2) is 18.4 Å². The summed E-state index contributed by atoms with van der Waals surface area (Å²) in [4.78, 5) is 10.9. The zero-order chi connectivity index (χ0) is 11.8. The van der Waals surface area contributed by atoms with Crippen LogP contribution in [0, 0.1) is 0 Å². The normalized spacial score (nSPS) is 26.1. The Kier molecular flexibility index (Phi) is 6.46. The lowest BCUT2D eigenvalue weighted by molar-refractivity contribution is -0.187. The van der Waals surface area contributed by atoms with Gasteiger partial charge in [-0.1, -0.05) is 32.6 Å². The van der Waals surface area contributed by atoms with Gasteiger partial charge in [-0.25, -0.2) is 0 Å². The minimum Gasteiger partial charge on any atom is -0.436 e. The zero-order valence-corrected chi connectivity index (χ0v) is 10.5. The first kappa shape index (κ1) is 13.5. The summed E-state index contributed by atoms with van der Waals surface area (Å²) < 4.78 is 11.0. The second kappa shape index (κ2) is 7.66. The Morgan fingerprint density at radius 2 is 2.06 bits per heavy atom. The third-order valence-corrected chi connectivity index (χ3v) is 2.99. The first-order chi connectivity index (χ1) is 7.72. The predicted molar refractivity (Wildman–Crippen MR) is 63.0 cm³/mol. The summed E-state index contributed by atoms with van der Waals surface area (Å²) in [5, 5.41) is 0. The lowest BCUT2D eigenvalue weighted by Crippen LogP contribution is -2.24. The van der Waals surface area contributed by atoms with E-state index in [4.69, 9.17) is 9.47 Å². The number of rotatable bonds is 5. The first-order valence-corrected chi connectivity index (χ1v) is 6.55. The molecule has 1 fully saturated rings. The molecule has 1 rings (SSSR count). The van der Waals surface area contributed by atoms with Gasteiger partial charge < -0.3 is 9.47 Å². The van der Waals surface area contributed by atoms with Crippen LogP contribution in [0.15, 0.2) is 0 Å². The van der Waals surface area contributed by atoms with Gasteiger partial charge in [0.2, 0.25) is 6.29 Å². The van der Waals surface area contributed by atoms with E-state index >= 15 is 0 Å². The van der Waals surface area contributed by atoms with Gasteiger partial charge in [-0.2, -0.15) is 0 Å². The molecule has 0 N–H and O–H groups in total. The molecular formula is C13H24O3. The molecule has 0 bridgehead atoms. The minimum atomic E-state index is -0.299. The molecule has 1 aliphatic rings. The van der Waals surface area contributed by atoms with Gasteiger partial charge in [0.15, 0.2) is 0 Å².